The molecule has 3 atom stereocenters. The van der Waals surface area contributed by atoms with Gasteiger partial charge in [0.2, 0.25) is 11.8 Å². The number of ether oxygens (including phenoxy) is 2. The number of imide groups is 1. The molecule has 34 heavy (non-hydrogen) atoms. The maximum atomic E-state index is 12.9. The van der Waals surface area contributed by atoms with E-state index in [1.165, 1.54) is 0 Å². The zero-order valence-electron chi connectivity index (χ0n) is 20.1. The highest BCUT2D eigenvalue weighted by Crippen LogP contribution is 2.34. The second-order valence-electron chi connectivity index (χ2n) is 10.3. The Labute approximate surface area is 200 Å². The lowest BCUT2D eigenvalue weighted by atomic mass is 10.0. The molecule has 1 aromatic carbocycles. The largest absolute Gasteiger partial charge is 0.489 e. The predicted octanol–water partition coefficient (Wildman–Crippen LogP) is 2.64. The normalized spacial score (nSPS) is 28.5. The van der Waals surface area contributed by atoms with Crippen molar-refractivity contribution in [1.82, 2.24) is 15.1 Å². The van der Waals surface area contributed by atoms with Gasteiger partial charge >= 0.3 is 0 Å². The van der Waals surface area contributed by atoms with Crippen LogP contribution in [-0.2, 0) is 20.9 Å². The van der Waals surface area contributed by atoms with Crippen LogP contribution in [0.25, 0.3) is 0 Å². The van der Waals surface area contributed by atoms with Crippen molar-refractivity contribution in [2.75, 3.05) is 13.1 Å². The number of carbonyl (C=O) groups is 3. The molecule has 4 aliphatic rings. The fourth-order valence-electron chi connectivity index (χ4n) is 5.99. The summed E-state index contributed by atoms with van der Waals surface area (Å²) in [7, 11) is 0. The summed E-state index contributed by atoms with van der Waals surface area (Å²) in [6.07, 6.45) is 6.88. The van der Waals surface area contributed by atoms with Crippen molar-refractivity contribution in [3.63, 3.8) is 0 Å². The van der Waals surface area contributed by atoms with Crippen LogP contribution in [0.5, 0.6) is 5.75 Å². The van der Waals surface area contributed by atoms with Crippen LogP contribution in [0.4, 0.5) is 0 Å². The summed E-state index contributed by atoms with van der Waals surface area (Å²) in [6.45, 7) is 6.65. The minimum atomic E-state index is -0.594. The Morgan fingerprint density at radius 3 is 2.56 bits per heavy atom. The molecule has 0 spiro atoms. The summed E-state index contributed by atoms with van der Waals surface area (Å²) in [5, 5.41) is 2.35. The first-order chi connectivity index (χ1) is 16.4. The topological polar surface area (TPSA) is 88.2 Å². The van der Waals surface area contributed by atoms with Crippen molar-refractivity contribution in [3.05, 3.63) is 29.3 Å². The molecule has 3 aliphatic heterocycles. The van der Waals surface area contributed by atoms with Crippen LogP contribution in [0.3, 0.4) is 0 Å². The molecule has 5 rings (SSSR count). The number of nitrogens with one attached hydrogen (secondary N) is 1. The van der Waals surface area contributed by atoms with Crippen LogP contribution in [-0.4, -0.2) is 71.0 Å². The first kappa shape index (κ1) is 23.3. The highest BCUT2D eigenvalue weighted by molar-refractivity contribution is 6.05. The van der Waals surface area contributed by atoms with E-state index >= 15 is 0 Å². The molecule has 8 heteroatoms. The van der Waals surface area contributed by atoms with Gasteiger partial charge in [-0.15, -0.1) is 0 Å². The van der Waals surface area contributed by atoms with E-state index in [-0.39, 0.29) is 36.4 Å². The van der Waals surface area contributed by atoms with Gasteiger partial charge in [0.05, 0.1) is 12.2 Å². The fraction of sp³-hybridized carbons (Fsp3) is 0.654. The SMILES string of the molecule is CC(C)OC1CCN([C@H]2CCC[C@@H]2Oc2ccc3c(c2)CN(C2CCC(=O)NC2=O)C3=O)CC1. The quantitative estimate of drug-likeness (QED) is 0.645. The molecule has 1 saturated carbocycles. The van der Waals surface area contributed by atoms with E-state index < -0.39 is 6.04 Å². The lowest BCUT2D eigenvalue weighted by Crippen LogP contribution is -2.52. The number of piperidine rings is 2. The third kappa shape index (κ3) is 4.70. The number of amides is 3. The summed E-state index contributed by atoms with van der Waals surface area (Å²) < 4.78 is 12.5. The number of nitrogens with zero attached hydrogens (tertiary/aromatic N) is 2. The van der Waals surface area contributed by atoms with E-state index in [1.807, 2.05) is 18.2 Å². The van der Waals surface area contributed by atoms with E-state index in [0.717, 1.165) is 56.5 Å². The Hall–Kier alpha value is -2.45. The lowest BCUT2D eigenvalue weighted by molar-refractivity contribution is -0.136. The van der Waals surface area contributed by atoms with Crippen LogP contribution >= 0.6 is 0 Å². The fourth-order valence-corrected chi connectivity index (χ4v) is 5.99. The lowest BCUT2D eigenvalue weighted by Gasteiger charge is -2.38. The van der Waals surface area contributed by atoms with Gasteiger partial charge in [-0.05, 0) is 76.1 Å². The van der Waals surface area contributed by atoms with Crippen molar-refractivity contribution < 1.29 is 23.9 Å². The van der Waals surface area contributed by atoms with Gasteiger partial charge in [0, 0.05) is 37.7 Å². The summed E-state index contributed by atoms with van der Waals surface area (Å²) in [5.74, 6) is -0.0259. The zero-order chi connectivity index (χ0) is 23.8. The molecule has 3 fully saturated rings. The first-order valence-electron chi connectivity index (χ1n) is 12.7. The second kappa shape index (κ2) is 9.66. The molecule has 0 bridgehead atoms. The number of hydrogen-bond acceptors (Lipinski definition) is 6. The van der Waals surface area contributed by atoms with E-state index in [1.54, 1.807) is 4.90 Å². The van der Waals surface area contributed by atoms with Crippen LogP contribution in [0.1, 0.15) is 74.7 Å². The number of benzene rings is 1. The molecule has 0 aromatic heterocycles. The predicted molar refractivity (Wildman–Crippen MR) is 125 cm³/mol. The minimum absolute atomic E-state index is 0.143. The van der Waals surface area contributed by atoms with Crippen LogP contribution in [0, 0.1) is 0 Å². The number of fused-ring (bicyclic) bond motifs is 1. The van der Waals surface area contributed by atoms with E-state index in [4.69, 9.17) is 9.47 Å². The average Bonchev–Trinajstić information content (AvgIpc) is 3.38. The summed E-state index contributed by atoms with van der Waals surface area (Å²) in [5.41, 5.74) is 1.50. The highest BCUT2D eigenvalue weighted by Gasteiger charge is 2.40. The second-order valence-corrected chi connectivity index (χ2v) is 10.3. The number of carbonyl (C=O) groups excluding carboxylic acids is 3. The summed E-state index contributed by atoms with van der Waals surface area (Å²) >= 11 is 0. The molecule has 1 aliphatic carbocycles. The van der Waals surface area contributed by atoms with Gasteiger partial charge in [-0.25, -0.2) is 0 Å². The molecule has 184 valence electrons. The Bertz CT molecular complexity index is 956. The minimum Gasteiger partial charge on any atom is -0.489 e. The van der Waals surface area contributed by atoms with Gasteiger partial charge < -0.3 is 14.4 Å². The zero-order valence-corrected chi connectivity index (χ0v) is 20.1. The number of rotatable bonds is 6. The van der Waals surface area contributed by atoms with Crippen LogP contribution in [0.2, 0.25) is 0 Å². The maximum absolute atomic E-state index is 12.9. The molecular formula is C26H35N3O5. The van der Waals surface area contributed by atoms with Crippen molar-refractivity contribution in [2.24, 2.45) is 0 Å². The van der Waals surface area contributed by atoms with Gasteiger partial charge in [-0.3, -0.25) is 24.6 Å². The molecule has 0 radical (unpaired) electrons. The molecule has 8 nitrogen and oxygen atoms in total. The molecular weight excluding hydrogens is 434 g/mol. The van der Waals surface area contributed by atoms with Gasteiger partial charge in [0.25, 0.3) is 5.91 Å². The van der Waals surface area contributed by atoms with Crippen LogP contribution in [0.15, 0.2) is 18.2 Å². The van der Waals surface area contributed by atoms with E-state index in [9.17, 15) is 14.4 Å². The summed E-state index contributed by atoms with van der Waals surface area (Å²) in [4.78, 5) is 40.8. The third-order valence-corrected chi connectivity index (χ3v) is 7.61. The molecule has 2 saturated heterocycles. The summed E-state index contributed by atoms with van der Waals surface area (Å²) in [6, 6.07) is 5.47. The van der Waals surface area contributed by atoms with E-state index in [2.05, 4.69) is 24.1 Å². The first-order valence-corrected chi connectivity index (χ1v) is 12.7. The molecule has 1 unspecified atom stereocenters. The average molecular weight is 470 g/mol. The van der Waals surface area contributed by atoms with Gasteiger partial charge in [0.1, 0.15) is 17.9 Å². The molecule has 1 aromatic rings. The number of hydrogen-bond donors (Lipinski definition) is 1. The van der Waals surface area contributed by atoms with Crippen molar-refractivity contribution >= 4 is 17.7 Å². The third-order valence-electron chi connectivity index (χ3n) is 7.61. The Morgan fingerprint density at radius 1 is 1.03 bits per heavy atom. The molecule has 3 amide bonds. The molecule has 3 heterocycles. The van der Waals surface area contributed by atoms with Gasteiger partial charge in [-0.2, -0.15) is 0 Å². The van der Waals surface area contributed by atoms with Crippen molar-refractivity contribution in [2.45, 2.75) is 95.7 Å². The Kier molecular flexibility index (Phi) is 6.62. The monoisotopic (exact) mass is 469 g/mol. The highest BCUT2D eigenvalue weighted by atomic mass is 16.5. The Morgan fingerprint density at radius 2 is 1.82 bits per heavy atom. The number of likely N-dealkylation sites (tertiary alicyclic amines) is 1. The van der Waals surface area contributed by atoms with Gasteiger partial charge in [-0.1, -0.05) is 0 Å². The standard InChI is InChI=1S/C26H35N3O5/c1-16(2)33-18-10-12-28(13-11-18)21-4-3-5-23(21)34-19-6-7-20-17(14-19)15-29(26(20)32)22-8-9-24(30)27-25(22)31/h6-7,14,16,18,21-23H,3-5,8-13,15H2,1-2H3,(H,27,30,31)/t21-,22?,23-/m0/s1. The Balaban J connectivity index is 1.22. The van der Waals surface area contributed by atoms with Crippen molar-refractivity contribution in [1.29, 1.82) is 0 Å². The maximum Gasteiger partial charge on any atom is 0.255 e. The molecule has 1 N–H and O–H groups in total. The van der Waals surface area contributed by atoms with E-state index in [0.29, 0.717) is 30.7 Å². The van der Waals surface area contributed by atoms with Crippen molar-refractivity contribution in [3.8, 4) is 5.75 Å². The van der Waals surface area contributed by atoms with Gasteiger partial charge in [0.15, 0.2) is 0 Å². The van der Waals surface area contributed by atoms with Crippen LogP contribution < -0.4 is 10.1 Å². The smallest absolute Gasteiger partial charge is 0.255 e.